The fourth-order valence-corrected chi connectivity index (χ4v) is 3.99. The smallest absolute Gasteiger partial charge is 0.416 e. The fourth-order valence-electron chi connectivity index (χ4n) is 2.70. The molecule has 1 aromatic heterocycles. The van der Waals surface area contributed by atoms with E-state index in [4.69, 9.17) is 26.5 Å². The molecule has 0 aliphatic carbocycles. The number of aliphatic carboxylic acids is 1. The van der Waals surface area contributed by atoms with E-state index in [1.807, 2.05) is 0 Å². The molecule has 3 rings (SSSR count). The summed E-state index contributed by atoms with van der Waals surface area (Å²) in [6.45, 7) is 0.217. The van der Waals surface area contributed by atoms with Gasteiger partial charge in [-0.05, 0) is 30.3 Å². The number of thiocarbonyl (C=S) groups is 1. The van der Waals surface area contributed by atoms with Crippen molar-refractivity contribution >= 4 is 46.3 Å². The largest absolute Gasteiger partial charge is 0.481 e. The number of nitrogens with zero attached hydrogens (tertiary/aromatic N) is 1. The highest BCUT2D eigenvalue weighted by Gasteiger charge is 2.33. The lowest BCUT2D eigenvalue weighted by molar-refractivity contribution is -0.139. The quantitative estimate of drug-likeness (QED) is 0.247. The van der Waals surface area contributed by atoms with Gasteiger partial charge in [0.15, 0.2) is 0 Å². The summed E-state index contributed by atoms with van der Waals surface area (Å²) in [4.78, 5) is 24.5. The molecule has 1 N–H and O–H groups in total. The van der Waals surface area contributed by atoms with Crippen LogP contribution in [0.2, 0.25) is 0 Å². The maximum absolute atomic E-state index is 14.1. The van der Waals surface area contributed by atoms with Gasteiger partial charge >= 0.3 is 12.1 Å². The van der Waals surface area contributed by atoms with Gasteiger partial charge in [-0.25, -0.2) is 4.39 Å². The Bertz CT molecular complexity index is 1080. The number of carboxylic acids is 1. The Morgan fingerprint density at radius 3 is 2.69 bits per heavy atom. The minimum absolute atomic E-state index is 0.00123. The van der Waals surface area contributed by atoms with Crippen molar-refractivity contribution in [3.05, 3.63) is 52.4 Å². The Kier molecular flexibility index (Phi) is 7.36. The first-order valence-corrected chi connectivity index (χ1v) is 10.3. The monoisotopic (exact) mass is 489 g/mol. The molecule has 0 spiro atoms. The SMILES string of the molecule is O=C(O)CCOCCN1C(=O)C(=Cc2ccc(-c3cc(C(F)(F)F)ccc3F)o2)SC1=S. The van der Waals surface area contributed by atoms with E-state index in [1.54, 1.807) is 0 Å². The number of carboxylic acid groups (broad SMARTS) is 1. The van der Waals surface area contributed by atoms with Crippen molar-refractivity contribution in [1.82, 2.24) is 4.90 Å². The van der Waals surface area contributed by atoms with Crippen LogP contribution in [0.15, 0.2) is 39.7 Å². The predicted molar refractivity (Wildman–Crippen MR) is 112 cm³/mol. The molecule has 0 bridgehead atoms. The summed E-state index contributed by atoms with van der Waals surface area (Å²) >= 11 is 6.17. The highest BCUT2D eigenvalue weighted by molar-refractivity contribution is 8.26. The molecular weight excluding hydrogens is 474 g/mol. The zero-order valence-corrected chi connectivity index (χ0v) is 17.8. The molecule has 2 aromatic rings. The molecule has 170 valence electrons. The van der Waals surface area contributed by atoms with Crippen LogP contribution in [0.3, 0.4) is 0 Å². The topological polar surface area (TPSA) is 80.0 Å². The van der Waals surface area contributed by atoms with E-state index in [-0.39, 0.29) is 52.5 Å². The van der Waals surface area contributed by atoms with Crippen LogP contribution in [0.25, 0.3) is 17.4 Å². The van der Waals surface area contributed by atoms with Crippen LogP contribution in [-0.2, 0) is 20.5 Å². The van der Waals surface area contributed by atoms with Crippen LogP contribution in [0.4, 0.5) is 17.6 Å². The van der Waals surface area contributed by atoms with Gasteiger partial charge in [0.1, 0.15) is 21.7 Å². The molecule has 1 aliphatic rings. The molecule has 1 aromatic carbocycles. The van der Waals surface area contributed by atoms with Gasteiger partial charge in [0.25, 0.3) is 5.91 Å². The summed E-state index contributed by atoms with van der Waals surface area (Å²) in [5.41, 5.74) is -1.37. The van der Waals surface area contributed by atoms with Gasteiger partial charge in [-0.15, -0.1) is 0 Å². The lowest BCUT2D eigenvalue weighted by atomic mass is 10.1. The normalized spacial score (nSPS) is 15.8. The van der Waals surface area contributed by atoms with Crippen molar-refractivity contribution in [2.45, 2.75) is 12.6 Å². The standard InChI is InChI=1S/C20H15F4NO5S2/c21-14-3-1-11(20(22,23)24)9-13(14)15-4-2-12(30-15)10-16-18(28)25(19(31)32-16)6-8-29-7-5-17(26)27/h1-4,9-10H,5-8H2,(H,26,27). The third-order valence-corrected chi connectivity index (χ3v) is 5.63. The average Bonchev–Trinajstić information content (AvgIpc) is 3.26. The van der Waals surface area contributed by atoms with Gasteiger partial charge in [-0.3, -0.25) is 14.5 Å². The van der Waals surface area contributed by atoms with Crippen LogP contribution >= 0.6 is 24.0 Å². The number of halogens is 4. The summed E-state index contributed by atoms with van der Waals surface area (Å²) in [5, 5.41) is 8.57. The molecule has 0 radical (unpaired) electrons. The lowest BCUT2D eigenvalue weighted by Crippen LogP contribution is -2.31. The summed E-state index contributed by atoms with van der Waals surface area (Å²) in [6.07, 6.45) is -3.44. The van der Waals surface area contributed by atoms with Gasteiger partial charge in [0.05, 0.1) is 42.2 Å². The first-order chi connectivity index (χ1) is 15.1. The maximum atomic E-state index is 14.1. The summed E-state index contributed by atoms with van der Waals surface area (Å²) in [6, 6.07) is 4.71. The van der Waals surface area contributed by atoms with Crippen molar-refractivity contribution in [2.75, 3.05) is 19.8 Å². The Morgan fingerprint density at radius 2 is 2.00 bits per heavy atom. The predicted octanol–water partition coefficient (Wildman–Crippen LogP) is 4.80. The zero-order valence-electron chi connectivity index (χ0n) is 16.1. The second-order valence-electron chi connectivity index (χ2n) is 6.48. The number of carbonyl (C=O) groups is 2. The van der Waals surface area contributed by atoms with Crippen molar-refractivity contribution < 1.29 is 41.4 Å². The molecule has 32 heavy (non-hydrogen) atoms. The molecule has 1 aliphatic heterocycles. The third-order valence-electron chi connectivity index (χ3n) is 4.25. The second kappa shape index (κ2) is 9.84. The maximum Gasteiger partial charge on any atom is 0.416 e. The minimum atomic E-state index is -4.64. The van der Waals surface area contributed by atoms with Crippen molar-refractivity contribution in [3.8, 4) is 11.3 Å². The Hall–Kier alpha value is -2.70. The fraction of sp³-hybridized carbons (Fsp3) is 0.250. The molecular formula is C20H15F4NO5S2. The number of hydrogen-bond acceptors (Lipinski definition) is 6. The van der Waals surface area contributed by atoms with E-state index in [2.05, 4.69) is 0 Å². The van der Waals surface area contributed by atoms with E-state index >= 15 is 0 Å². The summed E-state index contributed by atoms with van der Waals surface area (Å²) < 4.78 is 63.7. The molecule has 1 amide bonds. The molecule has 1 fully saturated rings. The summed E-state index contributed by atoms with van der Waals surface area (Å²) in [7, 11) is 0. The van der Waals surface area contributed by atoms with E-state index in [9.17, 15) is 27.2 Å². The van der Waals surface area contributed by atoms with Crippen molar-refractivity contribution in [2.24, 2.45) is 0 Å². The highest BCUT2D eigenvalue weighted by Crippen LogP contribution is 2.36. The lowest BCUT2D eigenvalue weighted by Gasteiger charge is -2.14. The van der Waals surface area contributed by atoms with Crippen molar-refractivity contribution in [3.63, 3.8) is 0 Å². The number of benzene rings is 1. The molecule has 1 saturated heterocycles. The van der Waals surface area contributed by atoms with E-state index in [1.165, 1.54) is 23.1 Å². The van der Waals surface area contributed by atoms with Gasteiger partial charge in [0, 0.05) is 6.08 Å². The number of ether oxygens (including phenoxy) is 1. The first-order valence-electron chi connectivity index (χ1n) is 9.08. The van der Waals surface area contributed by atoms with E-state index < -0.39 is 29.4 Å². The van der Waals surface area contributed by atoms with Gasteiger partial charge in [-0.2, -0.15) is 13.2 Å². The molecule has 6 nitrogen and oxygen atoms in total. The Balaban J connectivity index is 1.71. The number of thioether (sulfide) groups is 1. The third kappa shape index (κ3) is 5.75. The number of carbonyl (C=O) groups excluding carboxylic acids is 1. The van der Waals surface area contributed by atoms with Gasteiger partial charge in [0.2, 0.25) is 0 Å². The van der Waals surface area contributed by atoms with Crippen LogP contribution in [0.1, 0.15) is 17.7 Å². The number of amides is 1. The molecule has 2 heterocycles. The van der Waals surface area contributed by atoms with Crippen LogP contribution in [-0.4, -0.2) is 46.0 Å². The van der Waals surface area contributed by atoms with Gasteiger partial charge < -0.3 is 14.3 Å². The molecule has 0 saturated carbocycles. The van der Waals surface area contributed by atoms with Crippen LogP contribution in [0, 0.1) is 5.82 Å². The zero-order chi connectivity index (χ0) is 23.5. The Labute approximate surface area is 188 Å². The highest BCUT2D eigenvalue weighted by atomic mass is 32.2. The molecule has 0 unspecified atom stereocenters. The van der Waals surface area contributed by atoms with Crippen molar-refractivity contribution in [1.29, 1.82) is 0 Å². The van der Waals surface area contributed by atoms with Crippen LogP contribution < -0.4 is 0 Å². The Morgan fingerprint density at radius 1 is 1.25 bits per heavy atom. The molecule has 0 atom stereocenters. The van der Waals surface area contributed by atoms with Crippen LogP contribution in [0.5, 0.6) is 0 Å². The van der Waals surface area contributed by atoms with E-state index in [0.717, 1.165) is 11.8 Å². The number of furan rings is 1. The second-order valence-corrected chi connectivity index (χ2v) is 8.16. The number of rotatable bonds is 8. The number of hydrogen-bond donors (Lipinski definition) is 1. The van der Waals surface area contributed by atoms with Gasteiger partial charge in [-0.1, -0.05) is 24.0 Å². The first kappa shape index (κ1) is 24.0. The summed E-state index contributed by atoms with van der Waals surface area (Å²) in [5.74, 6) is -2.29. The minimum Gasteiger partial charge on any atom is -0.481 e. The average molecular weight is 489 g/mol. The van der Waals surface area contributed by atoms with E-state index in [0.29, 0.717) is 18.2 Å². The number of alkyl halides is 3. The molecule has 12 heteroatoms.